The number of nitrogens with zero attached hydrogens (tertiary/aromatic N) is 4. The molecule has 4 N–H and O–H groups in total. The van der Waals surface area contributed by atoms with Gasteiger partial charge in [-0.15, -0.1) is 0 Å². The number of fused-ring (bicyclic) bond motifs is 1. The normalized spacial score (nSPS) is 10.9. The number of carbonyl (C=O) groups excluding carboxylic acids is 1. The molecule has 0 fully saturated rings. The zero-order valence-corrected chi connectivity index (χ0v) is 20.3. The van der Waals surface area contributed by atoms with Gasteiger partial charge in [-0.3, -0.25) is 9.89 Å². The van der Waals surface area contributed by atoms with Gasteiger partial charge in [-0.05, 0) is 60.9 Å². The Hall–Kier alpha value is -5.19. The first-order valence-electron chi connectivity index (χ1n) is 11.4. The molecule has 0 unspecified atom stereocenters. The van der Waals surface area contributed by atoms with E-state index in [4.69, 9.17) is 10.5 Å². The number of ether oxygens (including phenoxy) is 1. The number of rotatable bonds is 6. The van der Waals surface area contributed by atoms with Crippen LogP contribution in [0.3, 0.4) is 0 Å². The second-order valence-corrected chi connectivity index (χ2v) is 8.49. The molecule has 9 nitrogen and oxygen atoms in total. The van der Waals surface area contributed by atoms with Gasteiger partial charge in [0.25, 0.3) is 5.91 Å². The lowest BCUT2D eigenvalue weighted by molar-refractivity contribution is -0.114. The molecule has 0 bridgehead atoms. The van der Waals surface area contributed by atoms with E-state index in [2.05, 4.69) is 37.0 Å². The lowest BCUT2D eigenvalue weighted by Gasteiger charge is -2.15. The molecular weight excluding hydrogens is 492 g/mol. The van der Waals surface area contributed by atoms with Crippen molar-refractivity contribution in [3.05, 3.63) is 84.3 Å². The van der Waals surface area contributed by atoms with E-state index >= 15 is 4.39 Å². The second-order valence-electron chi connectivity index (χ2n) is 8.49. The van der Waals surface area contributed by atoms with Crippen molar-refractivity contribution in [2.24, 2.45) is 0 Å². The molecule has 0 atom stereocenters. The van der Waals surface area contributed by atoms with Gasteiger partial charge in [-0.1, -0.05) is 18.7 Å². The van der Waals surface area contributed by atoms with Crippen LogP contribution in [0.2, 0.25) is 0 Å². The topological polar surface area (TPSA) is 132 Å². The molecule has 190 valence electrons. The van der Waals surface area contributed by atoms with Crippen LogP contribution in [0.1, 0.15) is 11.3 Å². The summed E-state index contributed by atoms with van der Waals surface area (Å²) in [5.41, 5.74) is 10.8. The fourth-order valence-electron chi connectivity index (χ4n) is 4.07. The minimum Gasteiger partial charge on any atom is -0.421 e. The molecule has 5 rings (SSSR count). The predicted octanol–water partition coefficient (Wildman–Crippen LogP) is 5.63. The van der Waals surface area contributed by atoms with E-state index in [0.29, 0.717) is 38.9 Å². The first-order chi connectivity index (χ1) is 18.2. The Morgan fingerprint density at radius 2 is 1.92 bits per heavy atom. The van der Waals surface area contributed by atoms with Crippen molar-refractivity contribution in [2.75, 3.05) is 11.1 Å². The van der Waals surface area contributed by atoms with Crippen molar-refractivity contribution in [3.8, 4) is 34.0 Å². The fourth-order valence-corrected chi connectivity index (χ4v) is 4.07. The van der Waals surface area contributed by atoms with E-state index in [1.165, 1.54) is 24.5 Å². The van der Waals surface area contributed by atoms with Crippen LogP contribution in [0, 0.1) is 19.7 Å². The number of aromatic amines is 1. The average molecular weight is 514 g/mol. The molecule has 0 aliphatic carbocycles. The van der Waals surface area contributed by atoms with Gasteiger partial charge in [0.1, 0.15) is 5.82 Å². The first kappa shape index (κ1) is 24.5. The van der Waals surface area contributed by atoms with Gasteiger partial charge >= 0.3 is 6.01 Å². The molecule has 0 aliphatic heterocycles. The maximum atomic E-state index is 15.3. The number of pyridine rings is 1. The van der Waals surface area contributed by atoms with Crippen molar-refractivity contribution in [2.45, 2.75) is 13.8 Å². The highest BCUT2D eigenvalue weighted by Gasteiger charge is 2.20. The van der Waals surface area contributed by atoms with E-state index in [1.54, 1.807) is 25.1 Å². The number of halogens is 2. The van der Waals surface area contributed by atoms with Crippen molar-refractivity contribution < 1.29 is 18.3 Å². The molecule has 1 amide bonds. The highest BCUT2D eigenvalue weighted by Crippen LogP contribution is 2.42. The number of hydrogen-bond acceptors (Lipinski definition) is 7. The summed E-state index contributed by atoms with van der Waals surface area (Å²) in [4.78, 5) is 24.1. The summed E-state index contributed by atoms with van der Waals surface area (Å²) in [6.07, 6.45) is 3.06. The Bertz CT molecular complexity index is 1730. The van der Waals surface area contributed by atoms with E-state index in [-0.39, 0.29) is 23.4 Å². The zero-order valence-electron chi connectivity index (χ0n) is 20.3. The molecule has 5 aromatic rings. The number of benzene rings is 2. The van der Waals surface area contributed by atoms with Gasteiger partial charge < -0.3 is 15.8 Å². The summed E-state index contributed by atoms with van der Waals surface area (Å²) in [5.74, 6) is -2.38. The Morgan fingerprint density at radius 3 is 2.63 bits per heavy atom. The average Bonchev–Trinajstić information content (AvgIpc) is 3.25. The summed E-state index contributed by atoms with van der Waals surface area (Å²) in [5, 5.41) is 9.94. The number of aryl methyl sites for hydroxylation is 2. The number of anilines is 2. The van der Waals surface area contributed by atoms with Crippen LogP contribution in [0.25, 0.3) is 33.2 Å². The predicted molar refractivity (Wildman–Crippen MR) is 140 cm³/mol. The fraction of sp³-hybridized carbons (Fsp3) is 0.0741. The minimum absolute atomic E-state index is 0.0312. The maximum absolute atomic E-state index is 15.3. The number of aromatic nitrogens is 5. The van der Waals surface area contributed by atoms with Gasteiger partial charge in [-0.2, -0.15) is 5.10 Å². The molecular formula is C27H21F2N7O2. The smallest absolute Gasteiger partial charge is 0.322 e. The third-order valence-electron chi connectivity index (χ3n) is 5.84. The van der Waals surface area contributed by atoms with Gasteiger partial charge in [0.05, 0.1) is 10.9 Å². The highest BCUT2D eigenvalue weighted by atomic mass is 19.1. The van der Waals surface area contributed by atoms with Crippen molar-refractivity contribution >= 4 is 28.4 Å². The third kappa shape index (κ3) is 4.64. The van der Waals surface area contributed by atoms with E-state index in [0.717, 1.165) is 5.56 Å². The zero-order chi connectivity index (χ0) is 27.0. The molecule has 0 radical (unpaired) electrons. The van der Waals surface area contributed by atoms with Crippen LogP contribution >= 0.6 is 0 Å². The number of carbonyl (C=O) groups is 1. The van der Waals surface area contributed by atoms with Crippen molar-refractivity contribution in [3.63, 3.8) is 0 Å². The van der Waals surface area contributed by atoms with E-state index in [1.807, 2.05) is 19.1 Å². The van der Waals surface area contributed by atoms with Crippen LogP contribution in [0.4, 0.5) is 20.4 Å². The maximum Gasteiger partial charge on any atom is 0.322 e. The Morgan fingerprint density at radius 1 is 1.11 bits per heavy atom. The van der Waals surface area contributed by atoms with E-state index < -0.39 is 17.6 Å². The summed E-state index contributed by atoms with van der Waals surface area (Å²) >= 11 is 0. The van der Waals surface area contributed by atoms with Gasteiger partial charge in [-0.25, -0.2) is 23.7 Å². The molecule has 0 saturated carbocycles. The van der Waals surface area contributed by atoms with Gasteiger partial charge in [0, 0.05) is 29.2 Å². The Balaban J connectivity index is 1.61. The van der Waals surface area contributed by atoms with Crippen LogP contribution in [-0.4, -0.2) is 31.1 Å². The molecule has 0 saturated heterocycles. The summed E-state index contributed by atoms with van der Waals surface area (Å²) < 4.78 is 34.0. The van der Waals surface area contributed by atoms with Crippen LogP contribution in [0.15, 0.2) is 67.3 Å². The number of amides is 1. The number of nitrogens with one attached hydrogen (secondary N) is 2. The Kier molecular flexibility index (Phi) is 6.25. The number of nitrogen functional groups attached to an aromatic ring is 1. The monoisotopic (exact) mass is 513 g/mol. The summed E-state index contributed by atoms with van der Waals surface area (Å²) in [6.45, 7) is 6.57. The van der Waals surface area contributed by atoms with Crippen molar-refractivity contribution in [1.29, 1.82) is 0 Å². The van der Waals surface area contributed by atoms with E-state index in [9.17, 15) is 9.18 Å². The molecule has 3 heterocycles. The van der Waals surface area contributed by atoms with Crippen LogP contribution in [-0.2, 0) is 4.79 Å². The largest absolute Gasteiger partial charge is 0.421 e. The first-order valence-corrected chi connectivity index (χ1v) is 11.4. The molecule has 11 heteroatoms. The highest BCUT2D eigenvalue weighted by molar-refractivity contribution is 6.08. The van der Waals surface area contributed by atoms with Crippen molar-refractivity contribution in [1.82, 2.24) is 25.1 Å². The molecule has 3 aromatic heterocycles. The minimum atomic E-state index is -1.12. The van der Waals surface area contributed by atoms with Gasteiger partial charge in [0.2, 0.25) is 0 Å². The molecule has 2 aromatic carbocycles. The number of hydrogen-bond donors (Lipinski definition) is 3. The number of H-pyrrole nitrogens is 1. The van der Waals surface area contributed by atoms with Crippen LogP contribution < -0.4 is 15.8 Å². The standard InChI is InChI=1S/C27H21F2N7O2/c1-13-10-22(34-26(37)15(3)28)32-12-18(13)17-5-6-20-24(25(30)36-35-20)23(17)16-4-7-21(19(29)11-16)38-27-31-9-8-14(2)33-27/h4-12H,3H2,1-2H3,(H3,30,35,36)(H,32,34,37). The lowest BCUT2D eigenvalue weighted by Crippen LogP contribution is -2.12. The second kappa shape index (κ2) is 9.69. The molecule has 0 spiro atoms. The lowest BCUT2D eigenvalue weighted by atomic mass is 9.90. The number of nitrogens with two attached hydrogens (primary N) is 1. The Labute approximate surface area is 215 Å². The molecule has 0 aliphatic rings. The third-order valence-corrected chi connectivity index (χ3v) is 5.84. The van der Waals surface area contributed by atoms with Gasteiger partial charge in [0.15, 0.2) is 23.2 Å². The van der Waals surface area contributed by atoms with Crippen LogP contribution in [0.5, 0.6) is 11.8 Å². The quantitative estimate of drug-likeness (QED) is 0.251. The summed E-state index contributed by atoms with van der Waals surface area (Å²) in [6, 6.07) is 11.5. The SMILES string of the molecule is C=C(F)C(=O)Nc1cc(C)c(-c2ccc3[nH]nc(N)c3c2-c2ccc(Oc3nccc(C)n3)c(F)c2)cn1. The molecule has 38 heavy (non-hydrogen) atoms. The summed E-state index contributed by atoms with van der Waals surface area (Å²) in [7, 11) is 0.